The molecule has 206 valence electrons. The Kier molecular flexibility index (Phi) is 8.67. The molecule has 13 heteroatoms. The maximum Gasteiger partial charge on any atom is 0.224 e. The Hall–Kier alpha value is -3.45. The number of carbonyl (C=O) groups is 1. The first-order valence-electron chi connectivity index (χ1n) is 12.3. The van der Waals surface area contributed by atoms with Crippen molar-refractivity contribution >= 4 is 34.7 Å². The summed E-state index contributed by atoms with van der Waals surface area (Å²) >= 11 is 0. The van der Waals surface area contributed by atoms with Crippen LogP contribution in [0.25, 0.3) is 11.2 Å². The minimum Gasteiger partial charge on any atom is -0.395 e. The molecule has 2 aromatic heterocycles. The van der Waals surface area contributed by atoms with Gasteiger partial charge in [0, 0.05) is 37.2 Å². The SMILES string of the molecule is C.O=C(NCCO)C1CCC(Nc2ncc3nc(Nc4c(F)cc(F)cc4F)n([C@H]4CCOC4)c3n2)CC1. The van der Waals surface area contributed by atoms with Crippen molar-refractivity contribution in [2.24, 2.45) is 5.92 Å². The number of aliphatic hydroxyl groups is 1. The molecule has 1 aliphatic carbocycles. The minimum absolute atomic E-state index is 0. The van der Waals surface area contributed by atoms with Crippen molar-refractivity contribution in [3.8, 4) is 0 Å². The topological polar surface area (TPSA) is 126 Å². The van der Waals surface area contributed by atoms with Gasteiger partial charge in [-0.3, -0.25) is 9.36 Å². The Bertz CT molecular complexity index is 1250. The van der Waals surface area contributed by atoms with E-state index in [0.717, 1.165) is 12.8 Å². The molecule has 4 N–H and O–H groups in total. The highest BCUT2D eigenvalue weighted by Crippen LogP contribution is 2.32. The number of hydrogen-bond donors (Lipinski definition) is 4. The number of hydrogen-bond acceptors (Lipinski definition) is 8. The predicted octanol–water partition coefficient (Wildman–Crippen LogP) is 3.66. The van der Waals surface area contributed by atoms with E-state index in [2.05, 4.69) is 30.9 Å². The minimum atomic E-state index is -1.08. The first kappa shape index (κ1) is 27.6. The number of anilines is 3. The molecule has 1 amide bonds. The average molecular weight is 536 g/mol. The molecule has 1 atom stereocenters. The van der Waals surface area contributed by atoms with Gasteiger partial charge in [0.2, 0.25) is 17.8 Å². The molecule has 5 rings (SSSR count). The summed E-state index contributed by atoms with van der Waals surface area (Å²) in [6.45, 7) is 1.07. The molecule has 0 bridgehead atoms. The Morgan fingerprint density at radius 2 is 1.84 bits per heavy atom. The second-order valence-electron chi connectivity index (χ2n) is 9.30. The van der Waals surface area contributed by atoms with Crippen LogP contribution in [0.2, 0.25) is 0 Å². The van der Waals surface area contributed by atoms with E-state index < -0.39 is 23.1 Å². The lowest BCUT2D eigenvalue weighted by Gasteiger charge is -2.28. The quantitative estimate of drug-likeness (QED) is 0.344. The summed E-state index contributed by atoms with van der Waals surface area (Å²) in [7, 11) is 0. The number of rotatable bonds is 8. The number of carbonyl (C=O) groups excluding carboxylic acids is 1. The predicted molar refractivity (Wildman–Crippen MR) is 136 cm³/mol. The van der Waals surface area contributed by atoms with Gasteiger partial charge in [0.25, 0.3) is 0 Å². The lowest BCUT2D eigenvalue weighted by atomic mass is 9.85. The van der Waals surface area contributed by atoms with E-state index in [1.807, 2.05) is 0 Å². The number of halogens is 3. The van der Waals surface area contributed by atoms with Crippen LogP contribution in [0, 0.1) is 23.4 Å². The van der Waals surface area contributed by atoms with Crippen LogP contribution in [0.1, 0.15) is 45.6 Å². The van der Waals surface area contributed by atoms with Crippen LogP contribution >= 0.6 is 0 Å². The summed E-state index contributed by atoms with van der Waals surface area (Å²) in [6.07, 6.45) is 5.11. The summed E-state index contributed by atoms with van der Waals surface area (Å²) in [4.78, 5) is 25.6. The molecule has 2 aliphatic rings. The molecule has 10 nitrogen and oxygen atoms in total. The number of imidazole rings is 1. The molecule has 2 fully saturated rings. The molecular formula is C25H32F3N7O3. The second-order valence-corrected chi connectivity index (χ2v) is 9.30. The molecule has 1 aromatic carbocycles. The van der Waals surface area contributed by atoms with E-state index in [9.17, 15) is 18.0 Å². The number of aliphatic hydroxyl groups excluding tert-OH is 1. The van der Waals surface area contributed by atoms with Gasteiger partial charge >= 0.3 is 0 Å². The van der Waals surface area contributed by atoms with Crippen molar-refractivity contribution in [1.82, 2.24) is 24.8 Å². The normalized spacial score (nSPS) is 21.2. The number of fused-ring (bicyclic) bond motifs is 1. The van der Waals surface area contributed by atoms with Crippen LogP contribution in [0.4, 0.5) is 30.8 Å². The van der Waals surface area contributed by atoms with Gasteiger partial charge in [0.1, 0.15) is 17.0 Å². The smallest absolute Gasteiger partial charge is 0.224 e. The number of amides is 1. The van der Waals surface area contributed by atoms with Crippen molar-refractivity contribution in [1.29, 1.82) is 0 Å². The maximum atomic E-state index is 14.3. The van der Waals surface area contributed by atoms with Crippen molar-refractivity contribution in [3.05, 3.63) is 35.8 Å². The first-order valence-corrected chi connectivity index (χ1v) is 12.3. The molecule has 1 saturated carbocycles. The molecular weight excluding hydrogens is 503 g/mol. The maximum absolute atomic E-state index is 14.3. The van der Waals surface area contributed by atoms with Gasteiger partial charge < -0.3 is 25.8 Å². The summed E-state index contributed by atoms with van der Waals surface area (Å²) in [5, 5.41) is 17.6. The van der Waals surface area contributed by atoms with E-state index in [1.165, 1.54) is 6.20 Å². The van der Waals surface area contributed by atoms with E-state index >= 15 is 0 Å². The number of nitrogens with one attached hydrogen (secondary N) is 3. The largest absolute Gasteiger partial charge is 0.395 e. The zero-order valence-corrected chi connectivity index (χ0v) is 20.0. The van der Waals surface area contributed by atoms with Crippen molar-refractivity contribution in [2.75, 3.05) is 37.0 Å². The third kappa shape index (κ3) is 5.83. The molecule has 1 aliphatic heterocycles. The van der Waals surface area contributed by atoms with Crippen molar-refractivity contribution < 1.29 is 27.8 Å². The van der Waals surface area contributed by atoms with Crippen molar-refractivity contribution in [3.63, 3.8) is 0 Å². The molecule has 1 saturated heterocycles. The van der Waals surface area contributed by atoms with E-state index in [1.54, 1.807) is 4.57 Å². The Morgan fingerprint density at radius 1 is 1.11 bits per heavy atom. The van der Waals surface area contributed by atoms with E-state index in [-0.39, 0.29) is 50.4 Å². The van der Waals surface area contributed by atoms with Gasteiger partial charge in [-0.25, -0.2) is 23.1 Å². The Labute approximate surface area is 218 Å². The highest BCUT2D eigenvalue weighted by atomic mass is 19.1. The number of benzene rings is 1. The van der Waals surface area contributed by atoms with Gasteiger partial charge in [-0.1, -0.05) is 7.43 Å². The van der Waals surface area contributed by atoms with E-state index in [0.29, 0.717) is 61.7 Å². The van der Waals surface area contributed by atoms with Gasteiger partial charge in [0.15, 0.2) is 17.3 Å². The highest BCUT2D eigenvalue weighted by molar-refractivity contribution is 5.79. The van der Waals surface area contributed by atoms with Gasteiger partial charge in [-0.2, -0.15) is 4.98 Å². The van der Waals surface area contributed by atoms with Gasteiger partial charge in [0.05, 0.1) is 25.5 Å². The van der Waals surface area contributed by atoms with Crippen LogP contribution < -0.4 is 16.0 Å². The summed E-state index contributed by atoms with van der Waals surface area (Å²) in [6, 6.07) is 1.11. The Balaban J connectivity index is 0.00000336. The lowest BCUT2D eigenvalue weighted by Crippen LogP contribution is -2.37. The fourth-order valence-electron chi connectivity index (χ4n) is 4.90. The first-order chi connectivity index (χ1) is 17.9. The summed E-state index contributed by atoms with van der Waals surface area (Å²) in [5.41, 5.74) is 0.380. The zero-order valence-electron chi connectivity index (χ0n) is 20.0. The fourth-order valence-corrected chi connectivity index (χ4v) is 4.90. The summed E-state index contributed by atoms with van der Waals surface area (Å²) in [5.74, 6) is -2.76. The third-order valence-electron chi connectivity index (χ3n) is 6.79. The monoisotopic (exact) mass is 535 g/mol. The van der Waals surface area contributed by atoms with Crippen LogP contribution in [-0.4, -0.2) is 62.9 Å². The van der Waals surface area contributed by atoms with Crippen LogP contribution in [-0.2, 0) is 9.53 Å². The van der Waals surface area contributed by atoms with E-state index in [4.69, 9.17) is 9.84 Å². The molecule has 3 heterocycles. The lowest BCUT2D eigenvalue weighted by molar-refractivity contribution is -0.126. The number of nitrogens with zero attached hydrogens (tertiary/aromatic N) is 4. The van der Waals surface area contributed by atoms with Crippen LogP contribution in [0.15, 0.2) is 18.3 Å². The Morgan fingerprint density at radius 3 is 2.50 bits per heavy atom. The summed E-state index contributed by atoms with van der Waals surface area (Å²) < 4.78 is 49.3. The molecule has 0 unspecified atom stereocenters. The average Bonchev–Trinajstić information content (AvgIpc) is 3.52. The second kappa shape index (κ2) is 11.9. The molecule has 0 radical (unpaired) electrons. The number of aromatic nitrogens is 4. The van der Waals surface area contributed by atoms with Gasteiger partial charge in [-0.05, 0) is 32.1 Å². The fraction of sp³-hybridized carbons (Fsp3) is 0.520. The van der Waals surface area contributed by atoms with Crippen LogP contribution in [0.5, 0.6) is 0 Å². The van der Waals surface area contributed by atoms with Crippen LogP contribution in [0.3, 0.4) is 0 Å². The van der Waals surface area contributed by atoms with Crippen molar-refractivity contribution in [2.45, 2.75) is 51.6 Å². The standard InChI is InChI=1S/C24H28F3N7O3.CH4/c25-14-9-17(26)20(18(27)10-14)32-24-31-19-11-29-23(33-21(19)34(24)16-5-8-37-12-16)30-15-3-1-13(2-4-15)22(36)28-6-7-35;/h9-11,13,15-16,35H,1-8,12H2,(H,28,36)(H,31,32)(H,29,30,33);1H4/t13?,15?,16-;/m0./s1. The molecule has 3 aromatic rings. The molecule has 0 spiro atoms. The zero-order chi connectivity index (χ0) is 25.9. The number of ether oxygens (including phenoxy) is 1. The third-order valence-corrected chi connectivity index (χ3v) is 6.79. The highest BCUT2D eigenvalue weighted by Gasteiger charge is 2.28. The van der Waals surface area contributed by atoms with Gasteiger partial charge in [-0.15, -0.1) is 0 Å². The molecule has 38 heavy (non-hydrogen) atoms.